The van der Waals surface area contributed by atoms with E-state index < -0.39 is 11.9 Å². The molecule has 100 valence electrons. The smallest absolute Gasteiger partial charge is 0.355 e. The van der Waals surface area contributed by atoms with Crippen molar-refractivity contribution in [3.05, 3.63) is 44.9 Å². The molecule has 6 nitrogen and oxygen atoms in total. The fraction of sp³-hybridized carbons (Fsp3) is 0. The van der Waals surface area contributed by atoms with Crippen LogP contribution >= 0.6 is 22.9 Å². The highest BCUT2D eigenvalue weighted by molar-refractivity contribution is 7.12. The van der Waals surface area contributed by atoms with Gasteiger partial charge in [-0.05, 0) is 18.2 Å². The number of halogens is 1. The highest BCUT2D eigenvalue weighted by Gasteiger charge is 2.16. The SMILES string of the molecule is N#Cc1ccc(Cl)cc1NC(=O)c1nc(C(=O)O)cs1. The number of aromatic nitrogens is 1. The summed E-state index contributed by atoms with van der Waals surface area (Å²) in [5.74, 6) is -1.80. The Hall–Kier alpha value is -2.43. The van der Waals surface area contributed by atoms with E-state index in [1.54, 1.807) is 0 Å². The molecule has 0 fully saturated rings. The fourth-order valence-corrected chi connectivity index (χ4v) is 2.23. The van der Waals surface area contributed by atoms with Crippen LogP contribution in [0.2, 0.25) is 5.02 Å². The van der Waals surface area contributed by atoms with E-state index in [0.29, 0.717) is 5.02 Å². The van der Waals surface area contributed by atoms with Gasteiger partial charge in [0.25, 0.3) is 5.91 Å². The molecular formula is C12H6ClN3O3S. The largest absolute Gasteiger partial charge is 0.476 e. The number of thiazole rings is 1. The fourth-order valence-electron chi connectivity index (χ4n) is 1.37. The summed E-state index contributed by atoms with van der Waals surface area (Å²) < 4.78 is 0. The molecule has 2 rings (SSSR count). The molecule has 0 saturated carbocycles. The lowest BCUT2D eigenvalue weighted by Crippen LogP contribution is -2.13. The minimum atomic E-state index is -1.21. The number of carbonyl (C=O) groups excluding carboxylic acids is 1. The van der Waals surface area contributed by atoms with Gasteiger partial charge in [-0.2, -0.15) is 5.26 Å². The first-order valence-corrected chi connectivity index (χ1v) is 6.47. The van der Waals surface area contributed by atoms with Gasteiger partial charge in [0.05, 0.1) is 11.3 Å². The van der Waals surface area contributed by atoms with Gasteiger partial charge in [-0.3, -0.25) is 4.79 Å². The molecule has 0 aliphatic carbocycles. The molecule has 1 aromatic heterocycles. The van der Waals surface area contributed by atoms with E-state index in [0.717, 1.165) is 11.3 Å². The molecule has 0 unspecified atom stereocenters. The van der Waals surface area contributed by atoms with Crippen molar-refractivity contribution in [2.75, 3.05) is 5.32 Å². The molecule has 0 aliphatic rings. The first kappa shape index (κ1) is 14.0. The highest BCUT2D eigenvalue weighted by Crippen LogP contribution is 2.21. The Labute approximate surface area is 122 Å². The summed E-state index contributed by atoms with van der Waals surface area (Å²) in [6.07, 6.45) is 0. The number of nitrogens with one attached hydrogen (secondary N) is 1. The predicted molar refractivity (Wildman–Crippen MR) is 73.2 cm³/mol. The first-order valence-electron chi connectivity index (χ1n) is 5.21. The maximum atomic E-state index is 11.9. The molecule has 1 amide bonds. The van der Waals surface area contributed by atoms with E-state index in [-0.39, 0.29) is 22.0 Å². The van der Waals surface area contributed by atoms with Gasteiger partial charge in [-0.15, -0.1) is 11.3 Å². The lowest BCUT2D eigenvalue weighted by molar-refractivity contribution is 0.0691. The van der Waals surface area contributed by atoms with Gasteiger partial charge >= 0.3 is 5.97 Å². The maximum absolute atomic E-state index is 11.9. The first-order chi connectivity index (χ1) is 9.51. The minimum absolute atomic E-state index is 0.00809. The monoisotopic (exact) mass is 307 g/mol. The lowest BCUT2D eigenvalue weighted by atomic mass is 10.2. The number of aromatic carboxylic acids is 1. The van der Waals surface area contributed by atoms with Gasteiger partial charge in [0.1, 0.15) is 6.07 Å². The second-order valence-corrected chi connectivity index (χ2v) is 4.89. The summed E-state index contributed by atoms with van der Waals surface area (Å²) in [4.78, 5) is 26.3. The molecule has 0 radical (unpaired) electrons. The van der Waals surface area contributed by atoms with Crippen LogP contribution in [0.15, 0.2) is 23.6 Å². The third kappa shape index (κ3) is 2.93. The second-order valence-electron chi connectivity index (χ2n) is 3.60. The Kier molecular flexibility index (Phi) is 3.98. The average Bonchev–Trinajstić information content (AvgIpc) is 2.89. The molecule has 2 N–H and O–H groups in total. The molecule has 0 spiro atoms. The van der Waals surface area contributed by atoms with E-state index in [1.807, 2.05) is 6.07 Å². The minimum Gasteiger partial charge on any atom is -0.476 e. The Bertz CT molecular complexity index is 736. The van der Waals surface area contributed by atoms with E-state index in [2.05, 4.69) is 10.3 Å². The van der Waals surface area contributed by atoms with Crippen molar-refractivity contribution in [2.45, 2.75) is 0 Å². The number of anilines is 1. The Morgan fingerprint density at radius 2 is 2.20 bits per heavy atom. The van der Waals surface area contributed by atoms with Crippen LogP contribution in [0.25, 0.3) is 0 Å². The molecule has 0 aliphatic heterocycles. The van der Waals surface area contributed by atoms with Gasteiger partial charge in [0, 0.05) is 10.4 Å². The second kappa shape index (κ2) is 5.69. The zero-order chi connectivity index (χ0) is 14.7. The van der Waals surface area contributed by atoms with Crippen LogP contribution < -0.4 is 5.32 Å². The van der Waals surface area contributed by atoms with Crippen LogP contribution in [-0.2, 0) is 0 Å². The number of nitriles is 1. The standard InChI is InChI=1S/C12H6ClN3O3S/c13-7-2-1-6(4-14)8(3-7)15-10(17)11-16-9(5-20-11)12(18)19/h1-3,5H,(H,15,17)(H,18,19). The summed E-state index contributed by atoms with van der Waals surface area (Å²) in [5.41, 5.74) is 0.293. The van der Waals surface area contributed by atoms with Crippen LogP contribution in [0.1, 0.15) is 25.9 Å². The Morgan fingerprint density at radius 3 is 2.80 bits per heavy atom. The number of hydrogen-bond donors (Lipinski definition) is 2. The summed E-state index contributed by atoms with van der Waals surface area (Å²) in [6, 6.07) is 6.36. The van der Waals surface area contributed by atoms with E-state index in [9.17, 15) is 9.59 Å². The quantitative estimate of drug-likeness (QED) is 0.907. The zero-order valence-corrected chi connectivity index (χ0v) is 11.3. The van der Waals surface area contributed by atoms with Crippen molar-refractivity contribution < 1.29 is 14.7 Å². The zero-order valence-electron chi connectivity index (χ0n) is 9.75. The molecule has 8 heteroatoms. The van der Waals surface area contributed by atoms with Crippen molar-refractivity contribution >= 4 is 40.5 Å². The van der Waals surface area contributed by atoms with Crippen molar-refractivity contribution in [3.63, 3.8) is 0 Å². The molecular weight excluding hydrogens is 302 g/mol. The van der Waals surface area contributed by atoms with Crippen molar-refractivity contribution in [1.29, 1.82) is 5.26 Å². The summed E-state index contributed by atoms with van der Waals surface area (Å²) in [5, 5.41) is 21.8. The summed E-state index contributed by atoms with van der Waals surface area (Å²) in [6.45, 7) is 0. The Morgan fingerprint density at radius 1 is 1.45 bits per heavy atom. The number of benzene rings is 1. The lowest BCUT2D eigenvalue weighted by Gasteiger charge is -2.05. The summed E-state index contributed by atoms with van der Waals surface area (Å²) >= 11 is 6.70. The average molecular weight is 308 g/mol. The van der Waals surface area contributed by atoms with Crippen LogP contribution in [0, 0.1) is 11.3 Å². The number of hydrogen-bond acceptors (Lipinski definition) is 5. The molecule has 0 saturated heterocycles. The molecule has 0 atom stereocenters. The third-order valence-corrected chi connectivity index (χ3v) is 3.34. The van der Waals surface area contributed by atoms with Gasteiger partial charge in [-0.1, -0.05) is 11.6 Å². The molecule has 1 heterocycles. The highest BCUT2D eigenvalue weighted by atomic mass is 35.5. The van der Waals surface area contributed by atoms with Crippen LogP contribution in [0.5, 0.6) is 0 Å². The molecule has 0 bridgehead atoms. The number of carbonyl (C=O) groups is 2. The van der Waals surface area contributed by atoms with Crippen molar-refractivity contribution in [3.8, 4) is 6.07 Å². The van der Waals surface area contributed by atoms with Gasteiger partial charge in [-0.25, -0.2) is 9.78 Å². The number of carboxylic acid groups (broad SMARTS) is 1. The van der Waals surface area contributed by atoms with Crippen molar-refractivity contribution in [2.24, 2.45) is 0 Å². The topological polar surface area (TPSA) is 103 Å². The molecule has 2 aromatic rings. The number of nitrogens with zero attached hydrogens (tertiary/aromatic N) is 2. The van der Waals surface area contributed by atoms with Gasteiger partial charge in [0.2, 0.25) is 0 Å². The van der Waals surface area contributed by atoms with Gasteiger partial charge in [0.15, 0.2) is 10.7 Å². The Balaban J connectivity index is 2.25. The van der Waals surface area contributed by atoms with E-state index >= 15 is 0 Å². The van der Waals surface area contributed by atoms with Crippen molar-refractivity contribution in [1.82, 2.24) is 4.98 Å². The van der Waals surface area contributed by atoms with Crippen LogP contribution in [0.4, 0.5) is 5.69 Å². The van der Waals surface area contributed by atoms with Gasteiger partial charge < -0.3 is 10.4 Å². The molecule has 1 aromatic carbocycles. The normalized spacial score (nSPS) is 9.80. The predicted octanol–water partition coefficient (Wildman–Crippen LogP) is 2.62. The van der Waals surface area contributed by atoms with E-state index in [4.69, 9.17) is 22.0 Å². The van der Waals surface area contributed by atoms with Crippen LogP contribution in [0.3, 0.4) is 0 Å². The number of amides is 1. The third-order valence-electron chi connectivity index (χ3n) is 2.27. The van der Waals surface area contributed by atoms with E-state index in [1.165, 1.54) is 23.6 Å². The number of carboxylic acids is 1. The summed E-state index contributed by atoms with van der Waals surface area (Å²) in [7, 11) is 0. The molecule has 20 heavy (non-hydrogen) atoms. The van der Waals surface area contributed by atoms with Crippen LogP contribution in [-0.4, -0.2) is 22.0 Å². The number of rotatable bonds is 3. The maximum Gasteiger partial charge on any atom is 0.355 e.